The Hall–Kier alpha value is -1.88. The highest BCUT2D eigenvalue weighted by Gasteiger charge is 2.27. The lowest BCUT2D eigenvalue weighted by Crippen LogP contribution is -2.22. The van der Waals surface area contributed by atoms with Crippen LogP contribution in [0, 0.1) is 0 Å². The van der Waals surface area contributed by atoms with E-state index >= 15 is 0 Å². The van der Waals surface area contributed by atoms with Crippen molar-refractivity contribution in [1.82, 2.24) is 5.32 Å². The molecule has 5 heteroatoms. The Bertz CT molecular complexity index is 700. The maximum absolute atomic E-state index is 11.5. The van der Waals surface area contributed by atoms with Crippen molar-refractivity contribution < 1.29 is 8.42 Å². The summed E-state index contributed by atoms with van der Waals surface area (Å²) in [7, 11) is -3.15. The zero-order valence-electron chi connectivity index (χ0n) is 10.5. The highest BCUT2D eigenvalue weighted by molar-refractivity contribution is 7.94. The monoisotopic (exact) mass is 274 g/mol. The quantitative estimate of drug-likeness (QED) is 0.891. The standard InChI is InChI=1S/C14H14N2O2S/c1-19(17,18)11-7-8-12-13(9-11)16-14(15-12)10-5-3-2-4-6-10/h2-7,9,12H,8H2,1H3,(H,15,16). The van der Waals surface area contributed by atoms with Gasteiger partial charge in [0.2, 0.25) is 0 Å². The minimum atomic E-state index is -3.15. The number of benzene rings is 1. The van der Waals surface area contributed by atoms with Gasteiger partial charge in [-0.05, 0) is 12.5 Å². The number of nitrogens with zero attached hydrogens (tertiary/aromatic N) is 1. The Labute approximate surface area is 112 Å². The van der Waals surface area contributed by atoms with Gasteiger partial charge in [-0.1, -0.05) is 36.4 Å². The van der Waals surface area contributed by atoms with Gasteiger partial charge < -0.3 is 5.32 Å². The molecule has 0 fully saturated rings. The zero-order valence-corrected chi connectivity index (χ0v) is 11.3. The van der Waals surface area contributed by atoms with E-state index in [1.807, 2.05) is 30.3 Å². The van der Waals surface area contributed by atoms with Crippen LogP contribution in [-0.2, 0) is 9.84 Å². The van der Waals surface area contributed by atoms with Crippen molar-refractivity contribution in [2.75, 3.05) is 6.26 Å². The van der Waals surface area contributed by atoms with Crippen LogP contribution in [0.4, 0.5) is 0 Å². The van der Waals surface area contributed by atoms with Crippen LogP contribution in [0.5, 0.6) is 0 Å². The average molecular weight is 274 g/mol. The third kappa shape index (κ3) is 2.33. The van der Waals surface area contributed by atoms with Crippen molar-refractivity contribution in [2.24, 2.45) is 4.99 Å². The van der Waals surface area contributed by atoms with Gasteiger partial charge in [0.15, 0.2) is 9.84 Å². The molecule has 4 nitrogen and oxygen atoms in total. The van der Waals surface area contributed by atoms with Gasteiger partial charge in [0, 0.05) is 17.5 Å². The first kappa shape index (κ1) is 12.2. The number of hydrogen-bond donors (Lipinski definition) is 1. The number of allylic oxidation sites excluding steroid dienone is 1. The summed E-state index contributed by atoms with van der Waals surface area (Å²) in [5.74, 6) is 0.806. The van der Waals surface area contributed by atoms with Crippen molar-refractivity contribution in [1.29, 1.82) is 0 Å². The summed E-state index contributed by atoms with van der Waals surface area (Å²) in [4.78, 5) is 4.97. The van der Waals surface area contributed by atoms with Gasteiger partial charge in [0.25, 0.3) is 0 Å². The lowest BCUT2D eigenvalue weighted by Gasteiger charge is -2.14. The van der Waals surface area contributed by atoms with Gasteiger partial charge in [-0.25, -0.2) is 8.42 Å². The van der Waals surface area contributed by atoms with Crippen LogP contribution in [0.15, 0.2) is 58.1 Å². The molecule has 1 aliphatic carbocycles. The summed E-state index contributed by atoms with van der Waals surface area (Å²) >= 11 is 0. The molecule has 3 rings (SSSR count). The van der Waals surface area contributed by atoms with Gasteiger partial charge in [0.1, 0.15) is 5.84 Å². The molecule has 98 valence electrons. The van der Waals surface area contributed by atoms with Crippen molar-refractivity contribution in [3.8, 4) is 0 Å². The fourth-order valence-corrected chi connectivity index (χ4v) is 2.97. The predicted molar refractivity (Wildman–Crippen MR) is 75.5 cm³/mol. The number of rotatable bonds is 2. The first-order valence-corrected chi connectivity index (χ1v) is 7.95. The van der Waals surface area contributed by atoms with E-state index in [1.165, 1.54) is 6.26 Å². The Kier molecular flexibility index (Phi) is 2.78. The Balaban J connectivity index is 1.89. The summed E-state index contributed by atoms with van der Waals surface area (Å²) in [5, 5.41) is 3.22. The number of aliphatic imine (C=N–C) groups is 1. The third-order valence-electron chi connectivity index (χ3n) is 3.22. The molecule has 0 amide bonds. The van der Waals surface area contributed by atoms with Crippen LogP contribution < -0.4 is 5.32 Å². The second kappa shape index (κ2) is 4.35. The molecule has 0 bridgehead atoms. The van der Waals surface area contributed by atoms with Gasteiger partial charge in [-0.2, -0.15) is 0 Å². The fourth-order valence-electron chi connectivity index (χ4n) is 2.23. The van der Waals surface area contributed by atoms with E-state index in [0.29, 0.717) is 11.3 Å². The number of sulfone groups is 1. The number of hydrogen-bond acceptors (Lipinski definition) is 4. The van der Waals surface area contributed by atoms with E-state index in [9.17, 15) is 8.42 Å². The lowest BCUT2D eigenvalue weighted by atomic mass is 10.1. The average Bonchev–Trinajstić information content (AvgIpc) is 2.81. The first-order chi connectivity index (χ1) is 9.04. The van der Waals surface area contributed by atoms with E-state index in [1.54, 1.807) is 12.2 Å². The van der Waals surface area contributed by atoms with E-state index < -0.39 is 9.84 Å². The molecule has 1 atom stereocenters. The summed E-state index contributed by atoms with van der Waals surface area (Å²) in [6.45, 7) is 0. The summed E-state index contributed by atoms with van der Waals surface area (Å²) in [5.41, 5.74) is 1.88. The van der Waals surface area contributed by atoms with Crippen LogP contribution in [0.25, 0.3) is 0 Å². The van der Waals surface area contributed by atoms with E-state index in [0.717, 1.165) is 17.1 Å². The van der Waals surface area contributed by atoms with Crippen molar-refractivity contribution >= 4 is 15.7 Å². The minimum absolute atomic E-state index is 0.0145. The van der Waals surface area contributed by atoms with E-state index in [2.05, 4.69) is 10.3 Å². The molecule has 1 aliphatic heterocycles. The van der Waals surface area contributed by atoms with E-state index in [4.69, 9.17) is 0 Å². The van der Waals surface area contributed by atoms with Crippen LogP contribution in [-0.4, -0.2) is 26.6 Å². The SMILES string of the molecule is CS(=O)(=O)C1=CCC2N=C(c3ccccc3)NC2=C1. The summed E-state index contributed by atoms with van der Waals surface area (Å²) in [6, 6.07) is 9.84. The molecule has 0 saturated carbocycles. The predicted octanol–water partition coefficient (Wildman–Crippen LogP) is 1.62. The molecular weight excluding hydrogens is 260 g/mol. The lowest BCUT2D eigenvalue weighted by molar-refractivity contribution is 0.607. The highest BCUT2D eigenvalue weighted by Crippen LogP contribution is 2.26. The molecule has 2 aliphatic rings. The van der Waals surface area contributed by atoms with Crippen LogP contribution >= 0.6 is 0 Å². The molecule has 0 radical (unpaired) electrons. The van der Waals surface area contributed by atoms with Crippen LogP contribution in [0.2, 0.25) is 0 Å². The van der Waals surface area contributed by atoms with Crippen molar-refractivity contribution in [3.63, 3.8) is 0 Å². The van der Waals surface area contributed by atoms with Crippen molar-refractivity contribution in [2.45, 2.75) is 12.5 Å². The Morgan fingerprint density at radius 2 is 2.00 bits per heavy atom. The van der Waals surface area contributed by atoms with Gasteiger partial charge in [0.05, 0.1) is 10.9 Å². The largest absolute Gasteiger partial charge is 0.342 e. The Morgan fingerprint density at radius 1 is 1.26 bits per heavy atom. The highest BCUT2D eigenvalue weighted by atomic mass is 32.2. The third-order valence-corrected chi connectivity index (χ3v) is 4.36. The molecule has 1 aromatic carbocycles. The molecule has 1 heterocycles. The van der Waals surface area contributed by atoms with Crippen LogP contribution in [0.3, 0.4) is 0 Å². The van der Waals surface area contributed by atoms with Crippen LogP contribution in [0.1, 0.15) is 12.0 Å². The number of amidine groups is 1. The second-order valence-electron chi connectivity index (χ2n) is 4.70. The van der Waals surface area contributed by atoms with E-state index in [-0.39, 0.29) is 6.04 Å². The molecular formula is C14H14N2O2S. The van der Waals surface area contributed by atoms with Gasteiger partial charge in [-0.15, -0.1) is 0 Å². The maximum Gasteiger partial charge on any atom is 0.175 e. The zero-order chi connectivity index (χ0) is 13.5. The van der Waals surface area contributed by atoms with Gasteiger partial charge in [-0.3, -0.25) is 4.99 Å². The Morgan fingerprint density at radius 3 is 2.68 bits per heavy atom. The molecule has 19 heavy (non-hydrogen) atoms. The molecule has 1 aromatic rings. The molecule has 1 unspecified atom stereocenters. The summed E-state index contributed by atoms with van der Waals surface area (Å²) in [6.07, 6.45) is 5.27. The molecule has 0 spiro atoms. The molecule has 0 saturated heterocycles. The number of fused-ring (bicyclic) bond motifs is 1. The normalized spacial score (nSPS) is 21.9. The van der Waals surface area contributed by atoms with Gasteiger partial charge >= 0.3 is 0 Å². The second-order valence-corrected chi connectivity index (χ2v) is 6.71. The minimum Gasteiger partial charge on any atom is -0.342 e. The molecule has 0 aromatic heterocycles. The number of nitrogens with one attached hydrogen (secondary N) is 1. The fraction of sp³-hybridized carbons (Fsp3) is 0.214. The first-order valence-electron chi connectivity index (χ1n) is 6.06. The topological polar surface area (TPSA) is 58.5 Å². The molecule has 1 N–H and O–H groups in total. The maximum atomic E-state index is 11.5. The smallest absolute Gasteiger partial charge is 0.175 e. The summed E-state index contributed by atoms with van der Waals surface area (Å²) < 4.78 is 23.1. The van der Waals surface area contributed by atoms with Crippen molar-refractivity contribution in [3.05, 3.63) is 58.6 Å².